The maximum Gasteiger partial charge on any atom is 0.303 e. The summed E-state index contributed by atoms with van der Waals surface area (Å²) in [6.45, 7) is 0.874. The minimum absolute atomic E-state index is 0.0780. The maximum absolute atomic E-state index is 12.0. The number of carboxylic acids is 1. The second-order valence-electron chi connectivity index (χ2n) is 7.75. The molecular weight excluding hydrogens is 420 g/mol. The van der Waals surface area contributed by atoms with Gasteiger partial charge in [-0.15, -0.1) is 0 Å². The standard InChI is InChI=1S/C21H22N4O7/c26-17(3-4-18(27)28)23-13-8-29-20-14(9-30-19(13)20)25-21-22-6-5-12(24-21)11-1-2-15-16(7-11)32-10-31-15/h1-2,5-7,13-14,19-20H,3-4,8-10H2,(H,23,26)(H,27,28)(H,22,24,25)/t13-,14-,19+,20+/m0/s1. The molecule has 3 aliphatic heterocycles. The molecule has 2 fully saturated rings. The van der Waals surface area contributed by atoms with Gasteiger partial charge in [0.25, 0.3) is 0 Å². The number of nitrogens with one attached hydrogen (secondary N) is 2. The van der Waals surface area contributed by atoms with Crippen LogP contribution >= 0.6 is 0 Å². The highest BCUT2D eigenvalue weighted by Crippen LogP contribution is 2.35. The van der Waals surface area contributed by atoms with Gasteiger partial charge in [0, 0.05) is 18.2 Å². The number of fused-ring (bicyclic) bond motifs is 2. The Morgan fingerprint density at radius 3 is 2.66 bits per heavy atom. The summed E-state index contributed by atoms with van der Waals surface area (Å²) < 4.78 is 22.5. The van der Waals surface area contributed by atoms with Gasteiger partial charge in [-0.25, -0.2) is 9.97 Å². The highest BCUT2D eigenvalue weighted by Gasteiger charge is 2.48. The molecule has 2 aromatic rings. The molecule has 5 rings (SSSR count). The molecule has 0 unspecified atom stereocenters. The number of nitrogens with zero attached hydrogens (tertiary/aromatic N) is 2. The van der Waals surface area contributed by atoms with Crippen LogP contribution in [0.15, 0.2) is 30.5 Å². The summed E-state index contributed by atoms with van der Waals surface area (Å²) in [6.07, 6.45) is 0.778. The topological polar surface area (TPSA) is 141 Å². The van der Waals surface area contributed by atoms with Gasteiger partial charge >= 0.3 is 5.97 Å². The van der Waals surface area contributed by atoms with Crippen molar-refractivity contribution < 1.29 is 33.6 Å². The van der Waals surface area contributed by atoms with Gasteiger partial charge in [0.1, 0.15) is 12.2 Å². The summed E-state index contributed by atoms with van der Waals surface area (Å²) in [5, 5.41) is 14.8. The van der Waals surface area contributed by atoms with Crippen molar-refractivity contribution in [3.05, 3.63) is 30.5 Å². The summed E-state index contributed by atoms with van der Waals surface area (Å²) in [5.41, 5.74) is 1.61. The SMILES string of the molecule is O=C(O)CCC(=O)N[C@H]1CO[C@H]2[C@@H]1OC[C@@H]2Nc1nccc(-c2ccc3c(c2)OCO3)n1. The van der Waals surface area contributed by atoms with Gasteiger partial charge in [-0.2, -0.15) is 0 Å². The van der Waals surface area contributed by atoms with Gasteiger partial charge in [0.2, 0.25) is 18.6 Å². The average Bonchev–Trinajstić information content (AvgIpc) is 3.50. The normalized spacial score (nSPS) is 25.4. The third-order valence-corrected chi connectivity index (χ3v) is 5.60. The van der Waals surface area contributed by atoms with Gasteiger partial charge in [0.15, 0.2) is 11.5 Å². The first-order chi connectivity index (χ1) is 15.6. The van der Waals surface area contributed by atoms with E-state index in [9.17, 15) is 9.59 Å². The van der Waals surface area contributed by atoms with Crippen LogP contribution < -0.4 is 20.1 Å². The number of carbonyl (C=O) groups is 2. The number of anilines is 1. The quantitative estimate of drug-likeness (QED) is 0.564. The fraction of sp³-hybridized carbons (Fsp3) is 0.429. The van der Waals surface area contributed by atoms with Crippen molar-refractivity contribution in [1.82, 2.24) is 15.3 Å². The van der Waals surface area contributed by atoms with Crippen LogP contribution in [0.25, 0.3) is 11.3 Å². The van der Waals surface area contributed by atoms with E-state index in [1.54, 1.807) is 6.20 Å². The van der Waals surface area contributed by atoms with Crippen LogP contribution in [-0.4, -0.2) is 71.2 Å². The summed E-state index contributed by atoms with van der Waals surface area (Å²) in [7, 11) is 0. The van der Waals surface area contributed by atoms with Crippen molar-refractivity contribution in [3.8, 4) is 22.8 Å². The third kappa shape index (κ3) is 4.16. The Morgan fingerprint density at radius 1 is 1.03 bits per heavy atom. The van der Waals surface area contributed by atoms with Crippen molar-refractivity contribution in [2.45, 2.75) is 37.1 Å². The Bertz CT molecular complexity index is 1030. The maximum atomic E-state index is 12.0. The molecule has 0 spiro atoms. The van der Waals surface area contributed by atoms with Gasteiger partial charge in [-0.05, 0) is 24.3 Å². The molecule has 168 valence electrons. The lowest BCUT2D eigenvalue weighted by molar-refractivity contribution is -0.139. The van der Waals surface area contributed by atoms with E-state index in [-0.39, 0.29) is 49.8 Å². The van der Waals surface area contributed by atoms with Crippen LogP contribution in [-0.2, 0) is 19.1 Å². The molecule has 11 heteroatoms. The van der Waals surface area contributed by atoms with E-state index < -0.39 is 5.97 Å². The average molecular weight is 442 g/mol. The Morgan fingerprint density at radius 2 is 1.81 bits per heavy atom. The van der Waals surface area contributed by atoms with Crippen molar-refractivity contribution in [3.63, 3.8) is 0 Å². The molecule has 0 bridgehead atoms. The van der Waals surface area contributed by atoms with E-state index in [2.05, 4.69) is 20.6 Å². The van der Waals surface area contributed by atoms with Crippen molar-refractivity contribution in [2.24, 2.45) is 0 Å². The zero-order chi connectivity index (χ0) is 22.1. The summed E-state index contributed by atoms with van der Waals surface area (Å²) in [6, 6.07) is 6.93. The fourth-order valence-corrected chi connectivity index (χ4v) is 4.06. The van der Waals surface area contributed by atoms with E-state index in [1.807, 2.05) is 24.3 Å². The number of hydrogen-bond donors (Lipinski definition) is 3. The van der Waals surface area contributed by atoms with E-state index in [0.717, 1.165) is 11.3 Å². The molecule has 0 radical (unpaired) electrons. The molecule has 1 aromatic heterocycles. The van der Waals surface area contributed by atoms with Gasteiger partial charge < -0.3 is 34.7 Å². The number of ether oxygens (including phenoxy) is 4. The molecule has 1 aromatic carbocycles. The summed E-state index contributed by atoms with van der Waals surface area (Å²) >= 11 is 0. The fourth-order valence-electron chi connectivity index (χ4n) is 4.06. The molecule has 3 aliphatic rings. The summed E-state index contributed by atoms with van der Waals surface area (Å²) in [4.78, 5) is 31.5. The zero-order valence-corrected chi connectivity index (χ0v) is 17.0. The number of carboxylic acid groups (broad SMARTS) is 1. The van der Waals surface area contributed by atoms with E-state index in [4.69, 9.17) is 24.1 Å². The Balaban J connectivity index is 1.22. The molecule has 4 heterocycles. The first-order valence-electron chi connectivity index (χ1n) is 10.3. The molecule has 0 saturated carbocycles. The van der Waals surface area contributed by atoms with E-state index in [1.165, 1.54) is 0 Å². The van der Waals surface area contributed by atoms with Crippen LogP contribution in [0.1, 0.15) is 12.8 Å². The predicted molar refractivity (Wildman–Crippen MR) is 109 cm³/mol. The van der Waals surface area contributed by atoms with Crippen molar-refractivity contribution >= 4 is 17.8 Å². The molecule has 1 amide bonds. The molecule has 2 saturated heterocycles. The van der Waals surface area contributed by atoms with Crippen LogP contribution in [0.4, 0.5) is 5.95 Å². The lowest BCUT2D eigenvalue weighted by Crippen LogP contribution is -2.44. The van der Waals surface area contributed by atoms with Crippen LogP contribution in [0.5, 0.6) is 11.5 Å². The molecule has 0 aliphatic carbocycles. The molecule has 32 heavy (non-hydrogen) atoms. The zero-order valence-electron chi connectivity index (χ0n) is 17.0. The highest BCUT2D eigenvalue weighted by atomic mass is 16.7. The Hall–Kier alpha value is -3.44. The van der Waals surface area contributed by atoms with Crippen LogP contribution in [0, 0.1) is 0 Å². The molecule has 3 N–H and O–H groups in total. The first-order valence-corrected chi connectivity index (χ1v) is 10.3. The second-order valence-corrected chi connectivity index (χ2v) is 7.75. The number of amides is 1. The van der Waals surface area contributed by atoms with Crippen molar-refractivity contribution in [2.75, 3.05) is 25.3 Å². The highest BCUT2D eigenvalue weighted by molar-refractivity contribution is 5.80. The molecule has 11 nitrogen and oxygen atoms in total. The predicted octanol–water partition coefficient (Wildman–Crippen LogP) is 0.800. The second kappa shape index (κ2) is 8.60. The van der Waals surface area contributed by atoms with Gasteiger partial charge in [-0.1, -0.05) is 0 Å². The Kier molecular flexibility index (Phi) is 5.50. The number of aliphatic carboxylic acids is 1. The van der Waals surface area contributed by atoms with Crippen LogP contribution in [0.2, 0.25) is 0 Å². The molecule has 4 atom stereocenters. The van der Waals surface area contributed by atoms with E-state index >= 15 is 0 Å². The van der Waals surface area contributed by atoms with Gasteiger partial charge in [0.05, 0.1) is 37.4 Å². The lowest BCUT2D eigenvalue weighted by atomic mass is 10.1. The van der Waals surface area contributed by atoms with E-state index in [0.29, 0.717) is 30.7 Å². The monoisotopic (exact) mass is 442 g/mol. The number of rotatable bonds is 7. The van der Waals surface area contributed by atoms with Crippen LogP contribution in [0.3, 0.4) is 0 Å². The summed E-state index contributed by atoms with van der Waals surface area (Å²) in [5.74, 6) is 0.482. The smallest absolute Gasteiger partial charge is 0.303 e. The molecular formula is C21H22N4O7. The number of benzene rings is 1. The number of carbonyl (C=O) groups excluding carboxylic acids is 1. The van der Waals surface area contributed by atoms with Gasteiger partial charge in [-0.3, -0.25) is 9.59 Å². The van der Waals surface area contributed by atoms with Crippen molar-refractivity contribution in [1.29, 1.82) is 0 Å². The Labute approximate surface area is 183 Å². The minimum Gasteiger partial charge on any atom is -0.481 e. The number of aromatic nitrogens is 2. The minimum atomic E-state index is -1.01. The third-order valence-electron chi connectivity index (χ3n) is 5.60. The number of hydrogen-bond acceptors (Lipinski definition) is 9. The largest absolute Gasteiger partial charge is 0.481 e. The lowest BCUT2D eigenvalue weighted by Gasteiger charge is -2.18. The first kappa shape index (κ1) is 20.5.